The smallest absolute Gasteiger partial charge is 0.221 e. The molecule has 1 aromatic heterocycles. The maximum atomic E-state index is 10.9. The zero-order chi connectivity index (χ0) is 10.1. The van der Waals surface area contributed by atoms with Crippen molar-refractivity contribution < 1.29 is 4.79 Å². The van der Waals surface area contributed by atoms with E-state index in [2.05, 4.69) is 8.75 Å². The number of aryl methyl sites for hydroxylation is 1. The maximum Gasteiger partial charge on any atom is 0.221 e. The Bertz CT molecular complexity index is 492. The molecule has 0 aliphatic heterocycles. The largest absolute Gasteiger partial charge is 0.369 e. The van der Waals surface area contributed by atoms with Gasteiger partial charge in [-0.05, 0) is 24.1 Å². The topological polar surface area (TPSA) is 68.9 Å². The van der Waals surface area contributed by atoms with E-state index in [1.165, 1.54) is 0 Å². The molecule has 14 heavy (non-hydrogen) atoms. The van der Waals surface area contributed by atoms with Crippen LogP contribution in [0.2, 0.25) is 0 Å². The normalized spacial score (nSPS) is 10.6. The van der Waals surface area contributed by atoms with Crippen LogP contribution in [0.1, 0.15) is 11.1 Å². The fraction of sp³-hybridized carbons (Fsp3) is 0.222. The van der Waals surface area contributed by atoms with Gasteiger partial charge in [-0.2, -0.15) is 8.75 Å². The maximum absolute atomic E-state index is 10.9. The van der Waals surface area contributed by atoms with Gasteiger partial charge in [0.15, 0.2) is 0 Å². The van der Waals surface area contributed by atoms with E-state index < -0.39 is 0 Å². The van der Waals surface area contributed by atoms with E-state index in [4.69, 9.17) is 5.73 Å². The second-order valence-electron chi connectivity index (χ2n) is 3.14. The summed E-state index contributed by atoms with van der Waals surface area (Å²) in [6.45, 7) is 1.94. The number of amides is 1. The van der Waals surface area contributed by atoms with Crippen molar-refractivity contribution in [3.8, 4) is 0 Å². The van der Waals surface area contributed by atoms with Crippen LogP contribution in [0.25, 0.3) is 11.0 Å². The Morgan fingerprint density at radius 2 is 2.29 bits per heavy atom. The van der Waals surface area contributed by atoms with E-state index in [1.54, 1.807) is 0 Å². The summed E-state index contributed by atoms with van der Waals surface area (Å²) in [5.74, 6) is -0.339. The molecular formula is C9H9N3OS. The standard InChI is InChI=1S/C9H9N3OS/c1-5-2-3-7-9(12-14-11-7)6(5)4-8(10)13/h2-3H,4H2,1H3,(H2,10,13). The lowest BCUT2D eigenvalue weighted by Crippen LogP contribution is -2.14. The Morgan fingerprint density at radius 1 is 1.50 bits per heavy atom. The van der Waals surface area contributed by atoms with E-state index in [9.17, 15) is 4.79 Å². The zero-order valence-corrected chi connectivity index (χ0v) is 8.47. The summed E-state index contributed by atoms with van der Waals surface area (Å²) < 4.78 is 8.26. The third-order valence-corrected chi connectivity index (χ3v) is 2.66. The third-order valence-electron chi connectivity index (χ3n) is 2.12. The van der Waals surface area contributed by atoms with E-state index in [-0.39, 0.29) is 12.3 Å². The fourth-order valence-electron chi connectivity index (χ4n) is 1.40. The van der Waals surface area contributed by atoms with Crippen molar-refractivity contribution in [3.05, 3.63) is 23.3 Å². The van der Waals surface area contributed by atoms with Gasteiger partial charge in [-0.25, -0.2) is 0 Å². The number of aromatic nitrogens is 2. The van der Waals surface area contributed by atoms with Crippen molar-refractivity contribution in [2.75, 3.05) is 0 Å². The molecule has 2 rings (SSSR count). The molecule has 1 heterocycles. The van der Waals surface area contributed by atoms with E-state index in [1.807, 2.05) is 19.1 Å². The summed E-state index contributed by atoms with van der Waals surface area (Å²) >= 11 is 1.15. The van der Waals surface area contributed by atoms with Crippen molar-refractivity contribution >= 4 is 28.7 Å². The van der Waals surface area contributed by atoms with Crippen LogP contribution >= 0.6 is 11.7 Å². The molecule has 1 aromatic carbocycles. The Morgan fingerprint density at radius 3 is 3.00 bits per heavy atom. The van der Waals surface area contributed by atoms with Crippen molar-refractivity contribution in [2.24, 2.45) is 5.73 Å². The van der Waals surface area contributed by atoms with Crippen LogP contribution in [0, 0.1) is 6.92 Å². The average Bonchev–Trinajstić information content (AvgIpc) is 2.57. The van der Waals surface area contributed by atoms with E-state index >= 15 is 0 Å². The fourth-order valence-corrected chi connectivity index (χ4v) is 1.96. The highest BCUT2D eigenvalue weighted by Gasteiger charge is 2.10. The molecule has 0 saturated carbocycles. The number of fused-ring (bicyclic) bond motifs is 1. The number of nitrogens with zero attached hydrogens (tertiary/aromatic N) is 2. The van der Waals surface area contributed by atoms with Gasteiger partial charge in [0.1, 0.15) is 11.0 Å². The monoisotopic (exact) mass is 207 g/mol. The number of hydrogen-bond donors (Lipinski definition) is 1. The van der Waals surface area contributed by atoms with Crippen LogP contribution < -0.4 is 5.73 Å². The van der Waals surface area contributed by atoms with Gasteiger partial charge in [-0.15, -0.1) is 0 Å². The lowest BCUT2D eigenvalue weighted by Gasteiger charge is -2.02. The molecule has 0 saturated heterocycles. The summed E-state index contributed by atoms with van der Waals surface area (Å²) in [5.41, 5.74) is 8.72. The Kier molecular flexibility index (Phi) is 2.17. The highest BCUT2D eigenvalue weighted by Crippen LogP contribution is 2.20. The first-order valence-corrected chi connectivity index (χ1v) is 4.90. The molecular weight excluding hydrogens is 198 g/mol. The molecule has 0 fully saturated rings. The summed E-state index contributed by atoms with van der Waals surface area (Å²) in [6.07, 6.45) is 0.231. The van der Waals surface area contributed by atoms with Gasteiger partial charge < -0.3 is 5.73 Å². The van der Waals surface area contributed by atoms with Crippen LogP contribution in [0.3, 0.4) is 0 Å². The van der Waals surface area contributed by atoms with Gasteiger partial charge in [0.25, 0.3) is 0 Å². The van der Waals surface area contributed by atoms with Crippen molar-refractivity contribution in [2.45, 2.75) is 13.3 Å². The Hall–Kier alpha value is -1.49. The number of carbonyl (C=O) groups excluding carboxylic acids is 1. The van der Waals surface area contributed by atoms with Gasteiger partial charge in [0.05, 0.1) is 18.1 Å². The molecule has 0 spiro atoms. The van der Waals surface area contributed by atoms with Gasteiger partial charge in [-0.3, -0.25) is 4.79 Å². The minimum atomic E-state index is -0.339. The minimum absolute atomic E-state index is 0.231. The third kappa shape index (κ3) is 1.46. The van der Waals surface area contributed by atoms with Crippen molar-refractivity contribution in [1.29, 1.82) is 0 Å². The SMILES string of the molecule is Cc1ccc2nsnc2c1CC(N)=O. The number of rotatable bonds is 2. The van der Waals surface area contributed by atoms with Crippen LogP contribution in [-0.2, 0) is 11.2 Å². The first-order chi connectivity index (χ1) is 6.68. The van der Waals surface area contributed by atoms with Crippen molar-refractivity contribution in [3.63, 3.8) is 0 Å². The Balaban J connectivity index is 2.64. The quantitative estimate of drug-likeness (QED) is 0.799. The molecule has 0 aliphatic rings. The Labute approximate surface area is 85.1 Å². The second kappa shape index (κ2) is 3.34. The zero-order valence-electron chi connectivity index (χ0n) is 7.65. The van der Waals surface area contributed by atoms with E-state index in [0.717, 1.165) is 33.9 Å². The molecule has 1 amide bonds. The number of hydrogen-bond acceptors (Lipinski definition) is 4. The van der Waals surface area contributed by atoms with Gasteiger partial charge >= 0.3 is 0 Å². The molecule has 5 heteroatoms. The first kappa shape index (κ1) is 9.08. The van der Waals surface area contributed by atoms with Gasteiger partial charge in [0.2, 0.25) is 5.91 Å². The highest BCUT2D eigenvalue weighted by atomic mass is 32.1. The highest BCUT2D eigenvalue weighted by molar-refractivity contribution is 7.00. The van der Waals surface area contributed by atoms with Crippen LogP contribution in [0.5, 0.6) is 0 Å². The first-order valence-electron chi connectivity index (χ1n) is 4.17. The van der Waals surface area contributed by atoms with Gasteiger partial charge in [-0.1, -0.05) is 6.07 Å². The molecule has 72 valence electrons. The molecule has 4 nitrogen and oxygen atoms in total. The summed E-state index contributed by atoms with van der Waals surface area (Å²) in [5, 5.41) is 0. The number of carbonyl (C=O) groups is 1. The van der Waals surface area contributed by atoms with E-state index in [0.29, 0.717) is 0 Å². The second-order valence-corrected chi connectivity index (χ2v) is 3.66. The lowest BCUT2D eigenvalue weighted by atomic mass is 10.0. The molecule has 0 bridgehead atoms. The average molecular weight is 207 g/mol. The molecule has 0 radical (unpaired) electrons. The van der Waals surface area contributed by atoms with Gasteiger partial charge in [0, 0.05) is 0 Å². The predicted molar refractivity (Wildman–Crippen MR) is 55.1 cm³/mol. The number of primary amides is 1. The predicted octanol–water partition coefficient (Wildman–Crippen LogP) is 1.03. The lowest BCUT2D eigenvalue weighted by molar-refractivity contribution is -0.117. The van der Waals surface area contributed by atoms with Crippen LogP contribution in [-0.4, -0.2) is 14.7 Å². The number of nitrogens with two attached hydrogens (primary N) is 1. The number of benzene rings is 1. The summed E-state index contributed by atoms with van der Waals surface area (Å²) in [6, 6.07) is 3.83. The molecule has 2 N–H and O–H groups in total. The molecule has 0 atom stereocenters. The minimum Gasteiger partial charge on any atom is -0.369 e. The van der Waals surface area contributed by atoms with Crippen LogP contribution in [0.15, 0.2) is 12.1 Å². The molecule has 2 aromatic rings. The summed E-state index contributed by atoms with van der Waals surface area (Å²) in [4.78, 5) is 10.9. The molecule has 0 aliphatic carbocycles. The summed E-state index contributed by atoms with van der Waals surface area (Å²) in [7, 11) is 0. The molecule has 0 unspecified atom stereocenters. The van der Waals surface area contributed by atoms with Crippen LogP contribution in [0.4, 0.5) is 0 Å². The van der Waals surface area contributed by atoms with Crippen molar-refractivity contribution in [1.82, 2.24) is 8.75 Å².